The van der Waals surface area contributed by atoms with Gasteiger partial charge in [0, 0.05) is 28.9 Å². The Morgan fingerprint density at radius 1 is 1.06 bits per heavy atom. The standard InChI is InChI=1S/C5H8O.C5H8.H2N2O.N2/c6-5-3-1-2-4-5;1-2-4-5-3-1;1-2-3;1-2/h1-4H2;1-2H,3-5H2;(H2,1,3);. The van der Waals surface area contributed by atoms with Gasteiger partial charge in [-0.25, -0.2) is 0 Å². The molecule has 6 nitrogen and oxygen atoms in total. The summed E-state index contributed by atoms with van der Waals surface area (Å²) < 4.78 is 0. The van der Waals surface area contributed by atoms with Gasteiger partial charge in [-0.1, -0.05) is 12.2 Å². The van der Waals surface area contributed by atoms with Crippen LogP contribution in [-0.4, -0.2) is 5.78 Å². The van der Waals surface area contributed by atoms with Crippen LogP contribution < -0.4 is 5.84 Å². The first-order valence-corrected chi connectivity index (χ1v) is 5.20. The van der Waals surface area contributed by atoms with Crippen molar-refractivity contribution < 1.29 is 4.79 Å². The van der Waals surface area contributed by atoms with E-state index < -0.39 is 0 Å². The lowest BCUT2D eigenvalue weighted by molar-refractivity contribution is -0.117. The SMILES string of the molecule is C1=CCCC1.N#N.NN=O.O=C1CCCC1. The summed E-state index contributed by atoms with van der Waals surface area (Å²) in [5, 5.41) is 13.8. The minimum Gasteiger partial charge on any atom is -0.300 e. The van der Waals surface area contributed by atoms with Crippen molar-refractivity contribution in [2.45, 2.75) is 44.9 Å². The Hall–Kier alpha value is -1.77. The molecule has 0 radical (unpaired) electrons. The average molecular weight is 226 g/mol. The topological polar surface area (TPSA) is 120 Å². The van der Waals surface area contributed by atoms with Crippen LogP contribution in [0.25, 0.3) is 0 Å². The van der Waals surface area contributed by atoms with Gasteiger partial charge in [0.2, 0.25) is 0 Å². The Morgan fingerprint density at radius 2 is 1.44 bits per heavy atom. The number of nitroso groups, excluding NO2 is 1. The van der Waals surface area contributed by atoms with Crippen LogP contribution in [0.15, 0.2) is 17.4 Å². The minimum atomic E-state index is 0.454. The largest absolute Gasteiger partial charge is 0.300 e. The first-order chi connectivity index (χ1) is 7.81. The Labute approximate surface area is 95.3 Å². The number of Topliss-reactive ketones (excluding diaryl/α,β-unsaturated/α-hetero) is 1. The van der Waals surface area contributed by atoms with Gasteiger partial charge >= 0.3 is 0 Å². The zero-order valence-electron chi connectivity index (χ0n) is 9.34. The van der Waals surface area contributed by atoms with E-state index in [1.807, 2.05) is 0 Å². The van der Waals surface area contributed by atoms with Gasteiger partial charge in [0.1, 0.15) is 5.78 Å². The van der Waals surface area contributed by atoms with Gasteiger partial charge in [-0.2, -0.15) is 0 Å². The molecular formula is C10H18N4O2. The summed E-state index contributed by atoms with van der Waals surface area (Å²) in [6.45, 7) is 0. The molecule has 0 unspecified atom stereocenters. The maximum atomic E-state index is 10.2. The molecule has 1 saturated carbocycles. The third kappa shape index (κ3) is 14.7. The van der Waals surface area contributed by atoms with Crippen molar-refractivity contribution >= 4 is 5.78 Å². The van der Waals surface area contributed by atoms with Crippen molar-refractivity contribution in [3.63, 3.8) is 0 Å². The second-order valence-corrected chi connectivity index (χ2v) is 3.25. The van der Waals surface area contributed by atoms with E-state index in [1.54, 1.807) is 5.29 Å². The van der Waals surface area contributed by atoms with E-state index in [0.29, 0.717) is 5.78 Å². The Balaban J connectivity index is 0. The summed E-state index contributed by atoms with van der Waals surface area (Å²) in [5.74, 6) is 4.37. The maximum absolute atomic E-state index is 10.2. The second kappa shape index (κ2) is 15.7. The van der Waals surface area contributed by atoms with Crippen LogP contribution >= 0.6 is 0 Å². The summed E-state index contributed by atoms with van der Waals surface area (Å²) in [4.78, 5) is 18.6. The summed E-state index contributed by atoms with van der Waals surface area (Å²) in [6, 6.07) is 0. The fourth-order valence-electron chi connectivity index (χ4n) is 1.36. The molecule has 0 aromatic heterocycles. The first-order valence-electron chi connectivity index (χ1n) is 5.20. The lowest BCUT2D eigenvalue weighted by Gasteiger charge is -1.71. The highest BCUT2D eigenvalue weighted by atomic mass is 16.3. The number of nitrogens with zero attached hydrogens (tertiary/aromatic N) is 3. The molecule has 16 heavy (non-hydrogen) atoms. The molecule has 0 amide bonds. The predicted molar refractivity (Wildman–Crippen MR) is 59.9 cm³/mol. The third-order valence-corrected chi connectivity index (χ3v) is 2.07. The summed E-state index contributed by atoms with van der Waals surface area (Å²) in [6.07, 6.45) is 12.5. The fraction of sp³-hybridized carbons (Fsp3) is 0.700. The second-order valence-electron chi connectivity index (χ2n) is 3.25. The van der Waals surface area contributed by atoms with Crippen LogP contribution in [0, 0.1) is 15.7 Å². The van der Waals surface area contributed by atoms with Crippen LogP contribution in [0.1, 0.15) is 44.9 Å². The van der Waals surface area contributed by atoms with Gasteiger partial charge in [-0.05, 0) is 32.1 Å². The highest BCUT2D eigenvalue weighted by Crippen LogP contribution is 2.11. The molecule has 2 aliphatic carbocycles. The molecule has 2 aliphatic rings. The van der Waals surface area contributed by atoms with Crippen LogP contribution in [0.5, 0.6) is 0 Å². The van der Waals surface area contributed by atoms with Crippen LogP contribution in [0.4, 0.5) is 0 Å². The number of nitrogens with two attached hydrogens (primary N) is 1. The van der Waals surface area contributed by atoms with E-state index in [2.05, 4.69) is 18.0 Å². The monoisotopic (exact) mass is 226 g/mol. The normalized spacial score (nSPS) is 15.8. The molecule has 0 aliphatic heterocycles. The summed E-state index contributed by atoms with van der Waals surface area (Å²) >= 11 is 0. The Kier molecular flexibility index (Phi) is 16.3. The molecule has 0 heterocycles. The quantitative estimate of drug-likeness (QED) is 0.223. The van der Waals surface area contributed by atoms with Gasteiger partial charge in [0.05, 0.1) is 0 Å². The van der Waals surface area contributed by atoms with Crippen molar-refractivity contribution in [2.24, 2.45) is 11.1 Å². The van der Waals surface area contributed by atoms with E-state index in [-0.39, 0.29) is 0 Å². The summed E-state index contributed by atoms with van der Waals surface area (Å²) in [7, 11) is 0. The van der Waals surface area contributed by atoms with Gasteiger partial charge in [-0.15, -0.1) is 4.91 Å². The molecule has 0 spiro atoms. The van der Waals surface area contributed by atoms with Gasteiger partial charge in [0.15, 0.2) is 0 Å². The number of hydrogen-bond acceptors (Lipinski definition) is 5. The van der Waals surface area contributed by atoms with E-state index in [0.717, 1.165) is 25.7 Å². The Morgan fingerprint density at radius 3 is 1.56 bits per heavy atom. The van der Waals surface area contributed by atoms with Crippen molar-refractivity contribution in [3.8, 4) is 0 Å². The molecule has 0 aromatic rings. The van der Waals surface area contributed by atoms with Crippen molar-refractivity contribution in [1.82, 2.24) is 0 Å². The number of allylic oxidation sites excluding steroid dienone is 2. The van der Waals surface area contributed by atoms with Gasteiger partial charge in [0.25, 0.3) is 0 Å². The van der Waals surface area contributed by atoms with Gasteiger partial charge < -0.3 is 0 Å². The zero-order chi connectivity index (χ0) is 12.6. The molecule has 2 rings (SSSR count). The number of hydrogen-bond donors (Lipinski definition) is 1. The molecule has 0 bridgehead atoms. The van der Waals surface area contributed by atoms with Crippen molar-refractivity contribution in [2.75, 3.05) is 0 Å². The van der Waals surface area contributed by atoms with Crippen LogP contribution in [-0.2, 0) is 4.79 Å². The molecule has 0 aromatic carbocycles. The van der Waals surface area contributed by atoms with E-state index >= 15 is 0 Å². The summed E-state index contributed by atoms with van der Waals surface area (Å²) in [5.41, 5.74) is 0. The van der Waals surface area contributed by atoms with Crippen molar-refractivity contribution in [1.29, 1.82) is 10.8 Å². The van der Waals surface area contributed by atoms with E-state index in [1.165, 1.54) is 19.3 Å². The third-order valence-electron chi connectivity index (χ3n) is 2.07. The molecule has 6 heteroatoms. The molecular weight excluding hydrogens is 208 g/mol. The number of rotatable bonds is 0. The highest BCUT2D eigenvalue weighted by Gasteiger charge is 2.07. The average Bonchev–Trinajstić information content (AvgIpc) is 2.96. The van der Waals surface area contributed by atoms with Crippen molar-refractivity contribution in [3.05, 3.63) is 17.1 Å². The lowest BCUT2D eigenvalue weighted by atomic mass is 10.4. The minimum absolute atomic E-state index is 0.454. The van der Waals surface area contributed by atoms with E-state index in [9.17, 15) is 4.79 Å². The molecule has 0 atom stereocenters. The molecule has 0 saturated heterocycles. The zero-order valence-corrected chi connectivity index (χ0v) is 9.34. The van der Waals surface area contributed by atoms with Crippen LogP contribution in [0.2, 0.25) is 0 Å². The fourth-order valence-corrected chi connectivity index (χ4v) is 1.36. The number of carbonyl (C=O) groups excluding carboxylic acids is 1. The number of carbonyl (C=O) groups is 1. The molecule has 1 fully saturated rings. The van der Waals surface area contributed by atoms with Crippen LogP contribution in [0.3, 0.4) is 0 Å². The molecule has 90 valence electrons. The van der Waals surface area contributed by atoms with Gasteiger partial charge in [-0.3, -0.25) is 10.6 Å². The predicted octanol–water partition coefficient (Wildman–Crippen LogP) is 2.51. The lowest BCUT2D eigenvalue weighted by Crippen LogP contribution is -1.81. The smallest absolute Gasteiger partial charge is 0.132 e. The first kappa shape index (κ1) is 16.7. The molecule has 2 N–H and O–H groups in total. The Bertz CT molecular complexity index is 212. The highest BCUT2D eigenvalue weighted by molar-refractivity contribution is 5.79. The van der Waals surface area contributed by atoms with E-state index in [4.69, 9.17) is 15.7 Å². The maximum Gasteiger partial charge on any atom is 0.132 e. The number of ketones is 1.